The van der Waals surface area contributed by atoms with Gasteiger partial charge in [-0.05, 0) is 47.7 Å². The van der Waals surface area contributed by atoms with Crippen LogP contribution in [0.15, 0.2) is 42.5 Å². The summed E-state index contributed by atoms with van der Waals surface area (Å²) in [6.45, 7) is 8.05. The molecule has 0 atom stereocenters. The SMILES string of the molecule is Cc1c(Cl)cccc1NC(=O)COC(=O)CCOc1ccc(C(C)(C)C)cc1. The van der Waals surface area contributed by atoms with Crippen molar-refractivity contribution >= 4 is 29.2 Å². The predicted octanol–water partition coefficient (Wildman–Crippen LogP) is 4.90. The molecule has 0 saturated carbocycles. The normalized spacial score (nSPS) is 11.0. The number of halogens is 1. The monoisotopic (exact) mass is 403 g/mol. The molecule has 0 aliphatic heterocycles. The van der Waals surface area contributed by atoms with E-state index >= 15 is 0 Å². The molecule has 5 nitrogen and oxygen atoms in total. The van der Waals surface area contributed by atoms with Crippen molar-refractivity contribution in [1.29, 1.82) is 0 Å². The molecule has 2 aromatic rings. The van der Waals surface area contributed by atoms with Gasteiger partial charge in [-0.15, -0.1) is 0 Å². The molecule has 0 bridgehead atoms. The molecule has 1 amide bonds. The topological polar surface area (TPSA) is 64.6 Å². The Hall–Kier alpha value is -2.53. The van der Waals surface area contributed by atoms with Gasteiger partial charge < -0.3 is 14.8 Å². The smallest absolute Gasteiger partial charge is 0.309 e. The second kappa shape index (κ2) is 9.60. The maximum Gasteiger partial charge on any atom is 0.309 e. The van der Waals surface area contributed by atoms with Gasteiger partial charge in [-0.2, -0.15) is 0 Å². The largest absolute Gasteiger partial charge is 0.493 e. The number of benzene rings is 2. The minimum Gasteiger partial charge on any atom is -0.493 e. The van der Waals surface area contributed by atoms with Crippen LogP contribution in [0.2, 0.25) is 5.02 Å². The number of hydrogen-bond acceptors (Lipinski definition) is 4. The summed E-state index contributed by atoms with van der Waals surface area (Å²) >= 11 is 6.01. The lowest BCUT2D eigenvalue weighted by Gasteiger charge is -2.19. The van der Waals surface area contributed by atoms with E-state index in [0.29, 0.717) is 16.5 Å². The Morgan fingerprint density at radius 2 is 1.75 bits per heavy atom. The van der Waals surface area contributed by atoms with E-state index in [0.717, 1.165) is 5.56 Å². The summed E-state index contributed by atoms with van der Waals surface area (Å²) in [4.78, 5) is 23.7. The van der Waals surface area contributed by atoms with Crippen LogP contribution in [0.3, 0.4) is 0 Å². The first kappa shape index (κ1) is 21.8. The number of amides is 1. The van der Waals surface area contributed by atoms with Crippen LogP contribution in [-0.4, -0.2) is 25.1 Å². The van der Waals surface area contributed by atoms with Gasteiger partial charge in [-0.3, -0.25) is 9.59 Å². The summed E-state index contributed by atoms with van der Waals surface area (Å²) in [5.41, 5.74) is 2.64. The van der Waals surface area contributed by atoms with Crippen molar-refractivity contribution in [3.8, 4) is 5.75 Å². The van der Waals surface area contributed by atoms with E-state index in [1.807, 2.05) is 24.3 Å². The van der Waals surface area contributed by atoms with Crippen molar-refractivity contribution < 1.29 is 19.1 Å². The van der Waals surface area contributed by atoms with Crippen LogP contribution < -0.4 is 10.1 Å². The van der Waals surface area contributed by atoms with Crippen LogP contribution >= 0.6 is 11.6 Å². The first-order valence-electron chi connectivity index (χ1n) is 9.11. The van der Waals surface area contributed by atoms with E-state index in [9.17, 15) is 9.59 Å². The van der Waals surface area contributed by atoms with Gasteiger partial charge in [0.05, 0.1) is 13.0 Å². The molecule has 0 radical (unpaired) electrons. The van der Waals surface area contributed by atoms with E-state index < -0.39 is 11.9 Å². The Bertz CT molecular complexity index is 825. The van der Waals surface area contributed by atoms with Crippen LogP contribution in [0.5, 0.6) is 5.75 Å². The average molecular weight is 404 g/mol. The fourth-order valence-corrected chi connectivity index (χ4v) is 2.63. The molecule has 0 aliphatic carbocycles. The van der Waals surface area contributed by atoms with Crippen molar-refractivity contribution in [2.75, 3.05) is 18.5 Å². The van der Waals surface area contributed by atoms with Gasteiger partial charge in [0, 0.05) is 10.7 Å². The first-order valence-corrected chi connectivity index (χ1v) is 9.48. The molecule has 0 spiro atoms. The molecule has 0 aliphatic rings. The van der Waals surface area contributed by atoms with E-state index in [4.69, 9.17) is 21.1 Å². The standard InChI is InChI=1S/C22H26ClNO4/c1-15-18(23)6-5-7-19(15)24-20(25)14-28-21(26)12-13-27-17-10-8-16(9-11-17)22(2,3)4/h5-11H,12-14H2,1-4H3,(H,24,25). The highest BCUT2D eigenvalue weighted by Crippen LogP contribution is 2.24. The summed E-state index contributed by atoms with van der Waals surface area (Å²) < 4.78 is 10.5. The second-order valence-electron chi connectivity index (χ2n) is 7.49. The highest BCUT2D eigenvalue weighted by Gasteiger charge is 2.13. The molecular weight excluding hydrogens is 378 g/mol. The predicted molar refractivity (Wildman–Crippen MR) is 111 cm³/mol. The molecule has 150 valence electrons. The number of anilines is 1. The van der Waals surface area contributed by atoms with Crippen molar-refractivity contribution in [3.63, 3.8) is 0 Å². The van der Waals surface area contributed by atoms with Gasteiger partial charge in [0.15, 0.2) is 6.61 Å². The van der Waals surface area contributed by atoms with Gasteiger partial charge in [-0.1, -0.05) is 50.6 Å². The number of esters is 1. The third-order valence-corrected chi connectivity index (χ3v) is 4.61. The van der Waals surface area contributed by atoms with Gasteiger partial charge in [0.25, 0.3) is 5.91 Å². The van der Waals surface area contributed by atoms with Crippen molar-refractivity contribution in [3.05, 3.63) is 58.6 Å². The van der Waals surface area contributed by atoms with E-state index in [1.54, 1.807) is 25.1 Å². The molecule has 2 rings (SSSR count). The quantitative estimate of drug-likeness (QED) is 0.668. The minimum atomic E-state index is -0.496. The third kappa shape index (κ3) is 6.57. The fraction of sp³-hybridized carbons (Fsp3) is 0.364. The molecule has 1 N–H and O–H groups in total. The highest BCUT2D eigenvalue weighted by molar-refractivity contribution is 6.31. The lowest BCUT2D eigenvalue weighted by Crippen LogP contribution is -2.22. The third-order valence-electron chi connectivity index (χ3n) is 4.20. The molecule has 0 saturated heterocycles. The summed E-state index contributed by atoms with van der Waals surface area (Å²) in [6, 6.07) is 13.0. The minimum absolute atomic E-state index is 0.0600. The zero-order valence-electron chi connectivity index (χ0n) is 16.7. The highest BCUT2D eigenvalue weighted by atomic mass is 35.5. The van der Waals surface area contributed by atoms with Crippen LogP contribution in [-0.2, 0) is 19.7 Å². The molecule has 6 heteroatoms. The van der Waals surface area contributed by atoms with Crippen LogP contribution in [0.25, 0.3) is 0 Å². The summed E-state index contributed by atoms with van der Waals surface area (Å²) in [5, 5.41) is 3.23. The second-order valence-corrected chi connectivity index (χ2v) is 7.90. The number of rotatable bonds is 7. The Kier molecular flexibility index (Phi) is 7.46. The van der Waals surface area contributed by atoms with E-state index in [-0.39, 0.29) is 25.0 Å². The summed E-state index contributed by atoms with van der Waals surface area (Å²) in [5.74, 6) is -0.225. The Labute approximate surface area is 171 Å². The Morgan fingerprint density at radius 3 is 2.39 bits per heavy atom. The molecule has 28 heavy (non-hydrogen) atoms. The number of nitrogens with one attached hydrogen (secondary N) is 1. The number of carbonyl (C=O) groups excluding carboxylic acids is 2. The molecule has 0 aromatic heterocycles. The zero-order chi connectivity index (χ0) is 20.7. The average Bonchev–Trinajstić information content (AvgIpc) is 2.63. The lowest BCUT2D eigenvalue weighted by molar-refractivity contribution is -0.147. The molecular formula is C22H26ClNO4. The van der Waals surface area contributed by atoms with Crippen LogP contribution in [0.4, 0.5) is 5.69 Å². The maximum atomic E-state index is 11.9. The number of ether oxygens (including phenoxy) is 2. The van der Waals surface area contributed by atoms with Crippen molar-refractivity contribution in [2.45, 2.75) is 39.5 Å². The van der Waals surface area contributed by atoms with Crippen molar-refractivity contribution in [2.24, 2.45) is 0 Å². The van der Waals surface area contributed by atoms with Crippen LogP contribution in [0, 0.1) is 6.92 Å². The summed E-state index contributed by atoms with van der Waals surface area (Å²) in [7, 11) is 0. The van der Waals surface area contributed by atoms with E-state index in [2.05, 4.69) is 26.1 Å². The molecule has 0 heterocycles. The molecule has 0 fully saturated rings. The fourth-order valence-electron chi connectivity index (χ4n) is 2.45. The molecule has 0 unspecified atom stereocenters. The lowest BCUT2D eigenvalue weighted by atomic mass is 9.87. The Balaban J connectivity index is 1.71. The first-order chi connectivity index (χ1) is 13.2. The summed E-state index contributed by atoms with van der Waals surface area (Å²) in [6.07, 6.45) is 0.0600. The van der Waals surface area contributed by atoms with Gasteiger partial charge in [-0.25, -0.2) is 0 Å². The van der Waals surface area contributed by atoms with Crippen LogP contribution in [0.1, 0.15) is 38.3 Å². The molecule has 2 aromatic carbocycles. The Morgan fingerprint density at radius 1 is 1.07 bits per heavy atom. The number of carbonyl (C=O) groups is 2. The van der Waals surface area contributed by atoms with Gasteiger partial charge in [0.1, 0.15) is 5.75 Å². The van der Waals surface area contributed by atoms with Crippen molar-refractivity contribution in [1.82, 2.24) is 0 Å². The van der Waals surface area contributed by atoms with Gasteiger partial charge in [0.2, 0.25) is 0 Å². The van der Waals surface area contributed by atoms with E-state index in [1.165, 1.54) is 5.56 Å². The van der Waals surface area contributed by atoms with Gasteiger partial charge >= 0.3 is 5.97 Å². The number of hydrogen-bond donors (Lipinski definition) is 1. The zero-order valence-corrected chi connectivity index (χ0v) is 17.4. The maximum absolute atomic E-state index is 11.9.